The van der Waals surface area contributed by atoms with Gasteiger partial charge in [-0.1, -0.05) is 46.6 Å². The molecule has 1 aliphatic carbocycles. The predicted molar refractivity (Wildman–Crippen MR) is 86.9 cm³/mol. The van der Waals surface area contributed by atoms with Crippen molar-refractivity contribution in [2.24, 2.45) is 0 Å². The van der Waals surface area contributed by atoms with Crippen LogP contribution in [0.2, 0.25) is 15.1 Å². The third kappa shape index (κ3) is 3.65. The van der Waals surface area contributed by atoms with E-state index in [1.54, 1.807) is 4.68 Å². The number of hydrogen-bond donors (Lipinski definition) is 1. The van der Waals surface area contributed by atoms with Gasteiger partial charge in [0.25, 0.3) is 0 Å². The average molecular weight is 379 g/mol. The van der Waals surface area contributed by atoms with Crippen LogP contribution in [-0.4, -0.2) is 31.9 Å². The minimum Gasteiger partial charge on any atom is -0.324 e. The Morgan fingerprint density at radius 3 is 2.73 bits per heavy atom. The Morgan fingerprint density at radius 1 is 1.27 bits per heavy atom. The molecule has 1 aliphatic rings. The summed E-state index contributed by atoms with van der Waals surface area (Å²) in [6.07, 6.45) is 2.15. The molecule has 1 aromatic heterocycles. The summed E-state index contributed by atoms with van der Waals surface area (Å²) in [7, 11) is 0. The van der Waals surface area contributed by atoms with Crippen molar-refractivity contribution in [1.82, 2.24) is 20.2 Å². The fraction of sp³-hybridized carbons (Fsp3) is 0.333. The smallest absolute Gasteiger partial charge is 0.234 e. The zero-order valence-electron chi connectivity index (χ0n) is 11.1. The molecule has 1 fully saturated rings. The van der Waals surface area contributed by atoms with Crippen molar-refractivity contribution >= 4 is 58.2 Å². The first-order valence-electron chi connectivity index (χ1n) is 6.39. The van der Waals surface area contributed by atoms with E-state index in [-0.39, 0.29) is 11.7 Å². The van der Waals surface area contributed by atoms with Gasteiger partial charge in [0.15, 0.2) is 0 Å². The summed E-state index contributed by atoms with van der Waals surface area (Å²) < 4.78 is 1.75. The fourth-order valence-electron chi connectivity index (χ4n) is 1.76. The highest BCUT2D eigenvalue weighted by atomic mass is 35.5. The number of nitrogens with one attached hydrogen (secondary N) is 1. The molecule has 10 heteroatoms. The number of rotatable bonds is 5. The van der Waals surface area contributed by atoms with E-state index in [1.165, 1.54) is 23.9 Å². The lowest BCUT2D eigenvalue weighted by molar-refractivity contribution is -0.113. The van der Waals surface area contributed by atoms with Gasteiger partial charge in [-0.15, -0.1) is 5.10 Å². The van der Waals surface area contributed by atoms with Crippen LogP contribution in [0.3, 0.4) is 0 Å². The van der Waals surface area contributed by atoms with Crippen LogP contribution in [-0.2, 0) is 4.79 Å². The second-order valence-electron chi connectivity index (χ2n) is 4.72. The number of carbonyl (C=O) groups excluding carboxylic acids is 1. The Morgan fingerprint density at radius 2 is 2.00 bits per heavy atom. The maximum Gasteiger partial charge on any atom is 0.234 e. The normalized spacial score (nSPS) is 14.1. The van der Waals surface area contributed by atoms with E-state index in [2.05, 4.69) is 20.8 Å². The third-order valence-electron chi connectivity index (χ3n) is 2.97. The lowest BCUT2D eigenvalue weighted by Gasteiger charge is -2.08. The molecule has 0 bridgehead atoms. The summed E-state index contributed by atoms with van der Waals surface area (Å²) >= 11 is 19.1. The molecule has 1 aromatic carbocycles. The van der Waals surface area contributed by atoms with Crippen molar-refractivity contribution in [1.29, 1.82) is 0 Å². The number of halogens is 3. The second kappa shape index (κ2) is 6.62. The molecule has 22 heavy (non-hydrogen) atoms. The lowest BCUT2D eigenvalue weighted by Crippen LogP contribution is -2.15. The molecule has 116 valence electrons. The van der Waals surface area contributed by atoms with Crippen molar-refractivity contribution in [3.8, 4) is 0 Å². The van der Waals surface area contributed by atoms with Gasteiger partial charge >= 0.3 is 0 Å². The van der Waals surface area contributed by atoms with E-state index in [0.717, 1.165) is 12.8 Å². The van der Waals surface area contributed by atoms with Crippen LogP contribution in [0.1, 0.15) is 18.9 Å². The fourth-order valence-corrected chi connectivity index (χ4v) is 3.10. The predicted octanol–water partition coefficient (Wildman–Crippen LogP) is 3.70. The van der Waals surface area contributed by atoms with E-state index >= 15 is 0 Å². The Kier molecular flexibility index (Phi) is 4.77. The summed E-state index contributed by atoms with van der Waals surface area (Å²) in [6.45, 7) is 0. The van der Waals surface area contributed by atoms with E-state index < -0.39 is 0 Å². The Bertz CT molecular complexity index is 719. The topological polar surface area (TPSA) is 72.7 Å². The zero-order chi connectivity index (χ0) is 15.7. The highest BCUT2D eigenvalue weighted by molar-refractivity contribution is 7.99. The van der Waals surface area contributed by atoms with Gasteiger partial charge in [-0.2, -0.15) is 0 Å². The Hall–Kier alpha value is -1.02. The van der Waals surface area contributed by atoms with Crippen molar-refractivity contribution in [3.63, 3.8) is 0 Å². The molecule has 0 radical (unpaired) electrons. The molecule has 3 rings (SSSR count). The second-order valence-corrected chi connectivity index (χ2v) is 6.88. The number of anilines is 1. The minimum absolute atomic E-state index is 0.170. The molecule has 0 unspecified atom stereocenters. The maximum atomic E-state index is 12.0. The average Bonchev–Trinajstić information content (AvgIpc) is 3.21. The summed E-state index contributed by atoms with van der Waals surface area (Å²) in [6, 6.07) is 3.37. The van der Waals surface area contributed by atoms with Gasteiger partial charge in [0.05, 0.1) is 32.5 Å². The first-order chi connectivity index (χ1) is 10.5. The summed E-state index contributed by atoms with van der Waals surface area (Å²) in [5.74, 6) is -0.0560. The number of carbonyl (C=O) groups is 1. The molecule has 0 spiro atoms. The molecule has 1 N–H and O–H groups in total. The quantitative estimate of drug-likeness (QED) is 0.634. The van der Waals surface area contributed by atoms with Crippen LogP contribution in [0.5, 0.6) is 0 Å². The van der Waals surface area contributed by atoms with Crippen LogP contribution in [0, 0.1) is 0 Å². The van der Waals surface area contributed by atoms with Gasteiger partial charge in [0, 0.05) is 0 Å². The standard InChI is InChI=1S/C12H10Cl3N5OS/c13-7-3-9(15)10(4-8(7)14)16-11(21)5-22-12-17-18-19-20(12)6-1-2-6/h3-4,6H,1-2,5H2,(H,16,21). The molecule has 1 amide bonds. The highest BCUT2D eigenvalue weighted by Gasteiger charge is 2.28. The summed E-state index contributed by atoms with van der Waals surface area (Å²) in [5, 5.41) is 15.8. The third-order valence-corrected chi connectivity index (χ3v) is 4.94. The van der Waals surface area contributed by atoms with Gasteiger partial charge in [-0.25, -0.2) is 4.68 Å². The largest absolute Gasteiger partial charge is 0.324 e. The highest BCUT2D eigenvalue weighted by Crippen LogP contribution is 2.36. The molecule has 1 heterocycles. The van der Waals surface area contributed by atoms with Crippen LogP contribution in [0.4, 0.5) is 5.69 Å². The van der Waals surface area contributed by atoms with E-state index in [0.29, 0.717) is 32.0 Å². The van der Waals surface area contributed by atoms with Gasteiger partial charge in [-0.05, 0) is 35.4 Å². The van der Waals surface area contributed by atoms with E-state index in [4.69, 9.17) is 34.8 Å². The van der Waals surface area contributed by atoms with Crippen molar-refractivity contribution in [3.05, 3.63) is 27.2 Å². The number of thioether (sulfide) groups is 1. The first kappa shape index (κ1) is 15.9. The van der Waals surface area contributed by atoms with Crippen molar-refractivity contribution in [2.45, 2.75) is 24.0 Å². The minimum atomic E-state index is -0.226. The van der Waals surface area contributed by atoms with E-state index in [9.17, 15) is 4.79 Å². The number of hydrogen-bond acceptors (Lipinski definition) is 5. The van der Waals surface area contributed by atoms with Crippen LogP contribution >= 0.6 is 46.6 Å². The number of nitrogens with zero attached hydrogens (tertiary/aromatic N) is 4. The zero-order valence-corrected chi connectivity index (χ0v) is 14.2. The van der Waals surface area contributed by atoms with Crippen molar-refractivity contribution < 1.29 is 4.79 Å². The number of benzene rings is 1. The van der Waals surface area contributed by atoms with Gasteiger partial charge in [0.2, 0.25) is 11.1 Å². The molecule has 1 saturated carbocycles. The molecule has 0 aliphatic heterocycles. The molecular formula is C12H10Cl3N5OS. The Balaban J connectivity index is 1.61. The summed E-state index contributed by atoms with van der Waals surface area (Å²) in [5.41, 5.74) is 0.420. The van der Waals surface area contributed by atoms with Gasteiger partial charge in [-0.3, -0.25) is 4.79 Å². The number of aromatic nitrogens is 4. The van der Waals surface area contributed by atoms with Crippen molar-refractivity contribution in [2.75, 3.05) is 11.1 Å². The van der Waals surface area contributed by atoms with E-state index in [1.807, 2.05) is 0 Å². The van der Waals surface area contributed by atoms with Crippen LogP contribution in [0.25, 0.3) is 0 Å². The van der Waals surface area contributed by atoms with Gasteiger partial charge in [0.1, 0.15) is 0 Å². The molecular weight excluding hydrogens is 369 g/mol. The maximum absolute atomic E-state index is 12.0. The van der Waals surface area contributed by atoms with Gasteiger partial charge < -0.3 is 5.32 Å². The van der Waals surface area contributed by atoms with Crippen LogP contribution in [0.15, 0.2) is 17.3 Å². The van der Waals surface area contributed by atoms with Crippen LogP contribution < -0.4 is 5.32 Å². The number of tetrazole rings is 1. The molecule has 0 saturated heterocycles. The first-order valence-corrected chi connectivity index (χ1v) is 8.51. The number of amides is 1. The molecule has 0 atom stereocenters. The molecule has 6 nitrogen and oxygen atoms in total. The SMILES string of the molecule is O=C(CSc1nnnn1C1CC1)Nc1cc(Cl)c(Cl)cc1Cl. The monoisotopic (exact) mass is 377 g/mol. The molecule has 2 aromatic rings. The Labute approximate surface area is 145 Å². The lowest BCUT2D eigenvalue weighted by atomic mass is 10.3. The summed E-state index contributed by atoms with van der Waals surface area (Å²) in [4.78, 5) is 12.0.